The summed E-state index contributed by atoms with van der Waals surface area (Å²) in [6.45, 7) is 10.0. The second-order valence-electron chi connectivity index (χ2n) is 5.89. The fraction of sp³-hybridized carbons (Fsp3) is 0.600. The molecular formula is C15H24FNO. The fourth-order valence-corrected chi connectivity index (χ4v) is 1.91. The Morgan fingerprint density at radius 3 is 2.39 bits per heavy atom. The summed E-state index contributed by atoms with van der Waals surface area (Å²) in [7, 11) is 0. The molecule has 0 saturated heterocycles. The predicted octanol–water partition coefficient (Wildman–Crippen LogP) is 3.66. The summed E-state index contributed by atoms with van der Waals surface area (Å²) in [5.41, 5.74) is 6.63. The monoisotopic (exact) mass is 253 g/mol. The number of ether oxygens (including phenoxy) is 1. The van der Waals surface area contributed by atoms with Gasteiger partial charge in [0, 0.05) is 17.5 Å². The summed E-state index contributed by atoms with van der Waals surface area (Å²) in [6, 6.07) is 4.88. The van der Waals surface area contributed by atoms with Gasteiger partial charge >= 0.3 is 0 Å². The highest BCUT2D eigenvalue weighted by molar-refractivity contribution is 5.28. The number of benzene rings is 1. The average molecular weight is 253 g/mol. The Hall–Kier alpha value is -1.09. The summed E-state index contributed by atoms with van der Waals surface area (Å²) in [5.74, 6) is 0.298. The van der Waals surface area contributed by atoms with Crippen LogP contribution in [0.1, 0.15) is 39.7 Å². The van der Waals surface area contributed by atoms with Gasteiger partial charge in [-0.1, -0.05) is 33.8 Å². The maximum absolute atomic E-state index is 13.5. The molecule has 2 N–H and O–H groups in total. The Morgan fingerprint density at radius 2 is 1.94 bits per heavy atom. The zero-order valence-electron chi connectivity index (χ0n) is 12.0. The van der Waals surface area contributed by atoms with Crippen LogP contribution in [0.25, 0.3) is 0 Å². The van der Waals surface area contributed by atoms with Crippen LogP contribution < -0.4 is 10.5 Å². The standard InChI is InChI=1S/C15H24FNO/c1-6-13(17)14(15(3,4)5)18-11-8-7-10(2)12(16)9-11/h7-9,13-14H,6,17H2,1-5H3. The Bertz CT molecular complexity index is 398. The van der Waals surface area contributed by atoms with Crippen LogP contribution in [-0.2, 0) is 0 Å². The smallest absolute Gasteiger partial charge is 0.129 e. The van der Waals surface area contributed by atoms with E-state index in [1.54, 1.807) is 19.1 Å². The van der Waals surface area contributed by atoms with E-state index in [-0.39, 0.29) is 23.4 Å². The molecule has 0 radical (unpaired) electrons. The van der Waals surface area contributed by atoms with Crippen molar-refractivity contribution in [2.75, 3.05) is 0 Å². The zero-order valence-corrected chi connectivity index (χ0v) is 12.0. The van der Waals surface area contributed by atoms with Crippen molar-refractivity contribution >= 4 is 0 Å². The first kappa shape index (κ1) is 15.0. The Balaban J connectivity index is 2.93. The summed E-state index contributed by atoms with van der Waals surface area (Å²) >= 11 is 0. The number of aryl methyl sites for hydroxylation is 1. The first-order valence-corrected chi connectivity index (χ1v) is 6.44. The minimum Gasteiger partial charge on any atom is -0.488 e. The Kier molecular flexibility index (Phi) is 4.74. The molecule has 2 nitrogen and oxygen atoms in total. The maximum atomic E-state index is 13.5. The SMILES string of the molecule is CCC(N)C(Oc1ccc(C)c(F)c1)C(C)(C)C. The Morgan fingerprint density at radius 1 is 1.33 bits per heavy atom. The molecule has 3 heteroatoms. The second-order valence-corrected chi connectivity index (χ2v) is 5.89. The molecule has 0 aliphatic heterocycles. The lowest BCUT2D eigenvalue weighted by Crippen LogP contribution is -2.47. The van der Waals surface area contributed by atoms with Crippen LogP contribution in [0.2, 0.25) is 0 Å². The van der Waals surface area contributed by atoms with Gasteiger partial charge in [0.05, 0.1) is 0 Å². The number of rotatable bonds is 4. The van der Waals surface area contributed by atoms with Crippen LogP contribution in [-0.4, -0.2) is 12.1 Å². The van der Waals surface area contributed by atoms with Crippen LogP contribution in [0.15, 0.2) is 18.2 Å². The third kappa shape index (κ3) is 3.70. The highest BCUT2D eigenvalue weighted by Gasteiger charge is 2.31. The summed E-state index contributed by atoms with van der Waals surface area (Å²) in [5, 5.41) is 0. The molecule has 0 aromatic heterocycles. The highest BCUT2D eigenvalue weighted by atomic mass is 19.1. The number of nitrogens with two attached hydrogens (primary N) is 1. The van der Waals surface area contributed by atoms with Gasteiger partial charge in [0.2, 0.25) is 0 Å². The van der Waals surface area contributed by atoms with E-state index >= 15 is 0 Å². The van der Waals surface area contributed by atoms with Crippen molar-refractivity contribution in [2.24, 2.45) is 11.1 Å². The van der Waals surface area contributed by atoms with Gasteiger partial charge in [0.15, 0.2) is 0 Å². The van der Waals surface area contributed by atoms with E-state index in [0.29, 0.717) is 11.3 Å². The van der Waals surface area contributed by atoms with Gasteiger partial charge in [0.25, 0.3) is 0 Å². The summed E-state index contributed by atoms with van der Waals surface area (Å²) in [6.07, 6.45) is 0.695. The second kappa shape index (κ2) is 5.70. The van der Waals surface area contributed by atoms with Crippen molar-refractivity contribution in [3.63, 3.8) is 0 Å². The van der Waals surface area contributed by atoms with E-state index in [1.807, 2.05) is 6.92 Å². The van der Waals surface area contributed by atoms with Crippen molar-refractivity contribution < 1.29 is 9.13 Å². The van der Waals surface area contributed by atoms with Crippen molar-refractivity contribution in [1.82, 2.24) is 0 Å². The molecule has 0 aliphatic rings. The van der Waals surface area contributed by atoms with E-state index in [9.17, 15) is 4.39 Å². The minimum atomic E-state index is -0.245. The molecule has 0 bridgehead atoms. The van der Waals surface area contributed by atoms with Gasteiger partial charge in [-0.2, -0.15) is 0 Å². The first-order valence-electron chi connectivity index (χ1n) is 6.44. The average Bonchev–Trinajstić information content (AvgIpc) is 2.28. The van der Waals surface area contributed by atoms with Crippen LogP contribution in [0.5, 0.6) is 5.75 Å². The lowest BCUT2D eigenvalue weighted by atomic mass is 9.84. The molecule has 1 aromatic rings. The van der Waals surface area contributed by atoms with Gasteiger partial charge < -0.3 is 10.5 Å². The van der Waals surface area contributed by atoms with Gasteiger partial charge in [-0.3, -0.25) is 0 Å². The zero-order chi connectivity index (χ0) is 13.9. The molecule has 2 atom stereocenters. The maximum Gasteiger partial charge on any atom is 0.129 e. The molecule has 18 heavy (non-hydrogen) atoms. The van der Waals surface area contributed by atoms with Crippen LogP contribution in [0, 0.1) is 18.2 Å². The normalized spacial score (nSPS) is 15.3. The molecule has 0 aliphatic carbocycles. The number of hydrogen-bond acceptors (Lipinski definition) is 2. The van der Waals surface area contributed by atoms with Gasteiger partial charge in [-0.15, -0.1) is 0 Å². The fourth-order valence-electron chi connectivity index (χ4n) is 1.91. The van der Waals surface area contributed by atoms with Gasteiger partial charge in [-0.25, -0.2) is 4.39 Å². The topological polar surface area (TPSA) is 35.2 Å². The van der Waals surface area contributed by atoms with E-state index in [1.165, 1.54) is 6.07 Å². The summed E-state index contributed by atoms with van der Waals surface area (Å²) in [4.78, 5) is 0. The molecule has 0 saturated carbocycles. The minimum absolute atomic E-state index is 0.0608. The van der Waals surface area contributed by atoms with E-state index in [2.05, 4.69) is 20.8 Å². The van der Waals surface area contributed by atoms with Crippen LogP contribution in [0.4, 0.5) is 4.39 Å². The molecule has 0 fully saturated rings. The van der Waals surface area contributed by atoms with Crippen molar-refractivity contribution in [1.29, 1.82) is 0 Å². The quantitative estimate of drug-likeness (QED) is 0.888. The molecule has 102 valence electrons. The molecule has 1 rings (SSSR count). The van der Waals surface area contributed by atoms with Crippen molar-refractivity contribution in [3.8, 4) is 5.75 Å². The number of hydrogen-bond donors (Lipinski definition) is 1. The molecule has 2 unspecified atom stereocenters. The number of halogens is 1. The van der Waals surface area contributed by atoms with Crippen molar-refractivity contribution in [3.05, 3.63) is 29.6 Å². The molecule has 0 heterocycles. The molecular weight excluding hydrogens is 229 g/mol. The lowest BCUT2D eigenvalue weighted by molar-refractivity contribution is 0.0619. The highest BCUT2D eigenvalue weighted by Crippen LogP contribution is 2.28. The van der Waals surface area contributed by atoms with Gasteiger partial charge in [-0.05, 0) is 25.0 Å². The van der Waals surface area contributed by atoms with E-state index in [4.69, 9.17) is 10.5 Å². The Labute approximate surface area is 109 Å². The van der Waals surface area contributed by atoms with Crippen molar-refractivity contribution in [2.45, 2.75) is 53.2 Å². The third-order valence-electron chi connectivity index (χ3n) is 3.12. The van der Waals surface area contributed by atoms with Crippen LogP contribution in [0.3, 0.4) is 0 Å². The van der Waals surface area contributed by atoms with Gasteiger partial charge in [0.1, 0.15) is 17.7 Å². The van der Waals surface area contributed by atoms with Crippen LogP contribution >= 0.6 is 0 Å². The first-order chi connectivity index (χ1) is 8.25. The molecule has 0 spiro atoms. The molecule has 0 amide bonds. The van der Waals surface area contributed by atoms with E-state index in [0.717, 1.165) is 6.42 Å². The molecule has 1 aromatic carbocycles. The predicted molar refractivity (Wildman–Crippen MR) is 73.3 cm³/mol. The third-order valence-corrected chi connectivity index (χ3v) is 3.12. The lowest BCUT2D eigenvalue weighted by Gasteiger charge is -2.35. The van der Waals surface area contributed by atoms with E-state index < -0.39 is 0 Å². The summed E-state index contributed by atoms with van der Waals surface area (Å²) < 4.78 is 19.4. The largest absolute Gasteiger partial charge is 0.488 e.